The molecule has 0 aliphatic carbocycles. The molecule has 0 bridgehead atoms. The Morgan fingerprint density at radius 3 is 2.36 bits per heavy atom. The highest BCUT2D eigenvalue weighted by atomic mass is 32.2. The molecule has 1 aliphatic rings. The van der Waals surface area contributed by atoms with Crippen molar-refractivity contribution >= 4 is 33.6 Å². The van der Waals surface area contributed by atoms with E-state index in [-0.39, 0.29) is 35.9 Å². The van der Waals surface area contributed by atoms with Crippen molar-refractivity contribution in [3.8, 4) is 5.75 Å². The maximum atomic E-state index is 13.6. The molecule has 1 heterocycles. The van der Waals surface area contributed by atoms with Crippen LogP contribution >= 0.6 is 0 Å². The number of nitrogens with zero attached hydrogens (tertiary/aromatic N) is 1. The Morgan fingerprint density at radius 1 is 1.08 bits per heavy atom. The molecule has 11 nitrogen and oxygen atoms in total. The fourth-order valence-electron chi connectivity index (χ4n) is 4.28. The number of hydrogen-bond acceptors (Lipinski definition) is 7. The highest BCUT2D eigenvalue weighted by Crippen LogP contribution is 2.27. The van der Waals surface area contributed by atoms with E-state index < -0.39 is 51.9 Å². The Hall–Kier alpha value is -3.71. The van der Waals surface area contributed by atoms with Gasteiger partial charge >= 0.3 is 12.0 Å². The number of hydrogen-bond donors (Lipinski definition) is 3. The van der Waals surface area contributed by atoms with Gasteiger partial charge in [0, 0.05) is 18.3 Å². The number of anilines is 1. The van der Waals surface area contributed by atoms with Crippen LogP contribution in [0.4, 0.5) is 14.9 Å². The number of benzene rings is 2. The average Bonchev–Trinajstić information content (AvgIpc) is 2.90. The molecule has 3 atom stereocenters. The second kappa shape index (κ2) is 12.9. The van der Waals surface area contributed by atoms with E-state index in [1.165, 1.54) is 56.7 Å². The number of sulfonamides is 1. The highest BCUT2D eigenvalue weighted by molar-refractivity contribution is 7.89. The lowest BCUT2D eigenvalue weighted by Crippen LogP contribution is -2.59. The zero-order chi connectivity index (χ0) is 28.7. The Labute approximate surface area is 227 Å². The van der Waals surface area contributed by atoms with Gasteiger partial charge in [0.05, 0.1) is 19.1 Å². The van der Waals surface area contributed by atoms with Gasteiger partial charge in [-0.2, -0.15) is 4.31 Å². The van der Waals surface area contributed by atoms with Crippen LogP contribution in [-0.4, -0.2) is 69.5 Å². The number of halogens is 1. The Morgan fingerprint density at radius 2 is 1.77 bits per heavy atom. The van der Waals surface area contributed by atoms with Gasteiger partial charge in [-0.3, -0.25) is 4.79 Å². The first kappa shape index (κ1) is 29.8. The van der Waals surface area contributed by atoms with E-state index in [1.54, 1.807) is 13.8 Å². The maximum absolute atomic E-state index is 13.6. The zero-order valence-electron chi connectivity index (χ0n) is 22.1. The lowest BCUT2D eigenvalue weighted by molar-refractivity contribution is -0.147. The fraction of sp³-hybridized carbons (Fsp3) is 0.423. The van der Waals surface area contributed by atoms with Gasteiger partial charge in [0.15, 0.2) is 0 Å². The molecule has 3 rings (SSSR count). The number of methoxy groups -OCH3 is 2. The predicted octanol–water partition coefficient (Wildman–Crippen LogP) is 2.49. The van der Waals surface area contributed by atoms with Gasteiger partial charge in [-0.05, 0) is 61.2 Å². The van der Waals surface area contributed by atoms with Crippen LogP contribution in [0.5, 0.6) is 5.75 Å². The summed E-state index contributed by atoms with van der Waals surface area (Å²) in [7, 11) is -1.48. The molecule has 0 saturated carbocycles. The van der Waals surface area contributed by atoms with Crippen molar-refractivity contribution in [1.29, 1.82) is 0 Å². The third kappa shape index (κ3) is 7.45. The first-order chi connectivity index (χ1) is 18.5. The number of piperidine rings is 1. The lowest BCUT2D eigenvalue weighted by atomic mass is 9.97. The third-order valence-electron chi connectivity index (χ3n) is 6.36. The second-order valence-electron chi connectivity index (χ2n) is 9.39. The van der Waals surface area contributed by atoms with Gasteiger partial charge in [0.1, 0.15) is 23.7 Å². The van der Waals surface area contributed by atoms with Gasteiger partial charge in [-0.15, -0.1) is 0 Å². The Bertz CT molecular complexity index is 1290. The molecule has 0 aromatic heterocycles. The summed E-state index contributed by atoms with van der Waals surface area (Å²) in [5, 5.41) is 7.87. The number of rotatable bonds is 9. The van der Waals surface area contributed by atoms with E-state index in [0.717, 1.165) is 10.4 Å². The molecule has 1 saturated heterocycles. The van der Waals surface area contributed by atoms with Crippen molar-refractivity contribution < 1.29 is 36.7 Å². The molecular formula is C26H33FN4O7S. The Balaban J connectivity index is 1.85. The SMILES string of the molecule is COC(=O)[C@H](NC(=O)[C@@H]1C[C@@H](NC(=O)Nc2cccc(F)c2)CCN1S(=O)(=O)c1ccc(OC)cc1)C(C)C. The quantitative estimate of drug-likeness (QED) is 0.397. The molecule has 1 aliphatic heterocycles. The van der Waals surface area contributed by atoms with Gasteiger partial charge < -0.3 is 25.4 Å². The van der Waals surface area contributed by atoms with Crippen LogP contribution in [0.15, 0.2) is 53.4 Å². The summed E-state index contributed by atoms with van der Waals surface area (Å²) in [6, 6.07) is 7.64. The van der Waals surface area contributed by atoms with Crippen LogP contribution in [0.2, 0.25) is 0 Å². The molecule has 212 valence electrons. The van der Waals surface area contributed by atoms with Crippen molar-refractivity contribution in [2.75, 3.05) is 26.1 Å². The van der Waals surface area contributed by atoms with Crippen molar-refractivity contribution in [1.82, 2.24) is 14.9 Å². The predicted molar refractivity (Wildman–Crippen MR) is 141 cm³/mol. The van der Waals surface area contributed by atoms with Crippen LogP contribution in [0.3, 0.4) is 0 Å². The molecule has 13 heteroatoms. The Kier molecular flexibility index (Phi) is 9.86. The summed E-state index contributed by atoms with van der Waals surface area (Å²) in [4.78, 5) is 38.3. The molecule has 2 aromatic rings. The number of urea groups is 1. The maximum Gasteiger partial charge on any atom is 0.328 e. The molecule has 0 radical (unpaired) electrons. The first-order valence-electron chi connectivity index (χ1n) is 12.3. The number of amides is 3. The number of carbonyl (C=O) groups is 3. The molecular weight excluding hydrogens is 531 g/mol. The minimum Gasteiger partial charge on any atom is -0.497 e. The highest BCUT2D eigenvalue weighted by Gasteiger charge is 2.42. The van der Waals surface area contributed by atoms with Crippen LogP contribution in [0.1, 0.15) is 26.7 Å². The van der Waals surface area contributed by atoms with Crippen molar-refractivity contribution in [2.45, 2.75) is 49.7 Å². The minimum atomic E-state index is -4.14. The lowest BCUT2D eigenvalue weighted by Gasteiger charge is -2.38. The van der Waals surface area contributed by atoms with Crippen molar-refractivity contribution in [3.05, 3.63) is 54.3 Å². The molecule has 3 amide bonds. The van der Waals surface area contributed by atoms with Crippen molar-refractivity contribution in [3.63, 3.8) is 0 Å². The molecule has 1 fully saturated rings. The van der Waals surface area contributed by atoms with Crippen LogP contribution in [-0.2, 0) is 24.3 Å². The van der Waals surface area contributed by atoms with Crippen LogP contribution < -0.4 is 20.7 Å². The molecule has 39 heavy (non-hydrogen) atoms. The van der Waals surface area contributed by atoms with E-state index in [4.69, 9.17) is 9.47 Å². The van der Waals surface area contributed by atoms with Crippen LogP contribution in [0.25, 0.3) is 0 Å². The number of nitrogens with one attached hydrogen (secondary N) is 3. The largest absolute Gasteiger partial charge is 0.497 e. The number of esters is 1. The number of carbonyl (C=O) groups excluding carboxylic acids is 3. The van der Waals surface area contributed by atoms with Gasteiger partial charge in [0.2, 0.25) is 15.9 Å². The topological polar surface area (TPSA) is 143 Å². The van der Waals surface area contributed by atoms with Crippen LogP contribution in [0, 0.1) is 11.7 Å². The normalized spacial score (nSPS) is 18.6. The molecule has 2 aromatic carbocycles. The first-order valence-corrected chi connectivity index (χ1v) is 13.8. The summed E-state index contributed by atoms with van der Waals surface area (Å²) in [5.74, 6) is -1.75. The summed E-state index contributed by atoms with van der Waals surface area (Å²) < 4.78 is 51.6. The van der Waals surface area contributed by atoms with E-state index in [2.05, 4.69) is 16.0 Å². The van der Waals surface area contributed by atoms with Gasteiger partial charge in [-0.25, -0.2) is 22.4 Å². The minimum absolute atomic E-state index is 0.0373. The summed E-state index contributed by atoms with van der Waals surface area (Å²) in [6.45, 7) is 3.35. The third-order valence-corrected chi connectivity index (χ3v) is 8.28. The zero-order valence-corrected chi connectivity index (χ0v) is 23.0. The second-order valence-corrected chi connectivity index (χ2v) is 11.3. The standard InChI is InChI=1S/C26H33FN4O7S/c1-16(2)23(25(33)38-4)30-24(32)22-15-19(29-26(34)28-18-7-5-6-17(27)14-18)12-13-31(22)39(35,36)21-10-8-20(37-3)9-11-21/h5-11,14,16,19,22-23H,12-13,15H2,1-4H3,(H,30,32)(H2,28,29,34)/t19-,22-,23+/m0/s1. The smallest absolute Gasteiger partial charge is 0.328 e. The average molecular weight is 565 g/mol. The number of ether oxygens (including phenoxy) is 2. The molecule has 0 unspecified atom stereocenters. The summed E-state index contributed by atoms with van der Waals surface area (Å²) >= 11 is 0. The molecule has 3 N–H and O–H groups in total. The monoisotopic (exact) mass is 564 g/mol. The van der Waals surface area contributed by atoms with Crippen molar-refractivity contribution in [2.24, 2.45) is 5.92 Å². The van der Waals surface area contributed by atoms with E-state index in [1.807, 2.05) is 0 Å². The fourth-order valence-corrected chi connectivity index (χ4v) is 5.89. The van der Waals surface area contributed by atoms with Gasteiger partial charge in [-0.1, -0.05) is 19.9 Å². The summed E-state index contributed by atoms with van der Waals surface area (Å²) in [5.41, 5.74) is 0.235. The van der Waals surface area contributed by atoms with E-state index >= 15 is 0 Å². The van der Waals surface area contributed by atoms with E-state index in [0.29, 0.717) is 5.75 Å². The van der Waals surface area contributed by atoms with E-state index in [9.17, 15) is 27.2 Å². The molecule has 0 spiro atoms. The van der Waals surface area contributed by atoms with Gasteiger partial charge in [0.25, 0.3) is 0 Å². The summed E-state index contributed by atoms with van der Waals surface area (Å²) in [6.07, 6.45) is 0.143.